The van der Waals surface area contributed by atoms with Crippen LogP contribution >= 0.6 is 0 Å². The first kappa shape index (κ1) is 13.4. The van der Waals surface area contributed by atoms with Crippen molar-refractivity contribution in [1.82, 2.24) is 0 Å². The van der Waals surface area contributed by atoms with Gasteiger partial charge in [0.25, 0.3) is 5.91 Å². The van der Waals surface area contributed by atoms with Crippen LogP contribution in [0.25, 0.3) is 0 Å². The molecule has 106 valence electrons. The lowest BCUT2D eigenvalue weighted by molar-refractivity contribution is -0.118. The zero-order valence-corrected chi connectivity index (χ0v) is 11.7. The molecule has 4 heteroatoms. The number of rotatable bonds is 3. The normalized spacial score (nSPS) is 13.1. The van der Waals surface area contributed by atoms with E-state index in [2.05, 4.69) is 5.32 Å². The number of ketones is 1. The van der Waals surface area contributed by atoms with E-state index in [0.717, 1.165) is 12.0 Å². The van der Waals surface area contributed by atoms with Gasteiger partial charge in [0.05, 0.1) is 5.69 Å². The number of benzene rings is 2. The van der Waals surface area contributed by atoms with Crippen LogP contribution in [-0.2, 0) is 11.2 Å². The minimum absolute atomic E-state index is 0.0129. The Labute approximate surface area is 122 Å². The predicted octanol–water partition coefficient (Wildman–Crippen LogP) is 2.81. The third-order valence-electron chi connectivity index (χ3n) is 3.52. The number of anilines is 1. The second kappa shape index (κ2) is 5.40. The number of hydrogen-bond acceptors (Lipinski definition) is 3. The average Bonchev–Trinajstić information content (AvgIpc) is 2.53. The Morgan fingerprint density at radius 1 is 1.24 bits per heavy atom. The summed E-state index contributed by atoms with van der Waals surface area (Å²) in [6.45, 7) is 2.03. The minimum atomic E-state index is -0.207. The number of fused-ring (bicyclic) bond motifs is 1. The monoisotopic (exact) mass is 281 g/mol. The molecule has 0 atom stereocenters. The average molecular weight is 281 g/mol. The minimum Gasteiger partial charge on any atom is -0.482 e. The Bertz CT molecular complexity index is 722. The lowest BCUT2D eigenvalue weighted by Crippen LogP contribution is -2.25. The maximum absolute atomic E-state index is 12.6. The van der Waals surface area contributed by atoms with Crippen molar-refractivity contribution in [3.63, 3.8) is 0 Å². The summed E-state index contributed by atoms with van der Waals surface area (Å²) < 4.78 is 5.30. The molecular formula is C17H15NO3. The van der Waals surface area contributed by atoms with Crippen LogP contribution in [0.2, 0.25) is 0 Å². The van der Waals surface area contributed by atoms with Crippen molar-refractivity contribution in [2.75, 3.05) is 11.9 Å². The largest absolute Gasteiger partial charge is 0.482 e. The number of ether oxygens (including phenoxy) is 1. The van der Waals surface area contributed by atoms with Gasteiger partial charge in [0.1, 0.15) is 5.75 Å². The Kier molecular flexibility index (Phi) is 3.44. The van der Waals surface area contributed by atoms with Gasteiger partial charge in [-0.15, -0.1) is 0 Å². The zero-order chi connectivity index (χ0) is 14.8. The van der Waals surface area contributed by atoms with Crippen molar-refractivity contribution in [3.8, 4) is 5.75 Å². The van der Waals surface area contributed by atoms with E-state index < -0.39 is 0 Å². The molecule has 0 saturated carbocycles. The van der Waals surface area contributed by atoms with Crippen LogP contribution in [0.15, 0.2) is 42.5 Å². The lowest BCUT2D eigenvalue weighted by atomic mass is 9.96. The summed E-state index contributed by atoms with van der Waals surface area (Å²) >= 11 is 0. The Hall–Kier alpha value is -2.62. The molecule has 2 aromatic rings. The molecule has 0 bridgehead atoms. The van der Waals surface area contributed by atoms with Gasteiger partial charge in [0, 0.05) is 11.1 Å². The van der Waals surface area contributed by atoms with E-state index in [-0.39, 0.29) is 18.3 Å². The number of carbonyl (C=O) groups is 2. The van der Waals surface area contributed by atoms with Gasteiger partial charge >= 0.3 is 0 Å². The molecule has 1 aliphatic heterocycles. The fraction of sp³-hybridized carbons (Fsp3) is 0.176. The molecule has 0 fully saturated rings. The molecule has 1 heterocycles. The fourth-order valence-electron chi connectivity index (χ4n) is 2.43. The summed E-state index contributed by atoms with van der Waals surface area (Å²) in [4.78, 5) is 24.0. The lowest BCUT2D eigenvalue weighted by Gasteiger charge is -2.18. The zero-order valence-electron chi connectivity index (χ0n) is 11.7. The van der Waals surface area contributed by atoms with Crippen molar-refractivity contribution in [3.05, 3.63) is 59.2 Å². The Morgan fingerprint density at radius 2 is 2.05 bits per heavy atom. The summed E-state index contributed by atoms with van der Waals surface area (Å²) in [7, 11) is 0. The van der Waals surface area contributed by atoms with Crippen molar-refractivity contribution >= 4 is 17.4 Å². The summed E-state index contributed by atoms with van der Waals surface area (Å²) in [5.41, 5.74) is 2.80. The van der Waals surface area contributed by atoms with Crippen molar-refractivity contribution in [2.24, 2.45) is 0 Å². The van der Waals surface area contributed by atoms with Gasteiger partial charge in [-0.2, -0.15) is 0 Å². The van der Waals surface area contributed by atoms with Crippen LogP contribution < -0.4 is 10.1 Å². The standard InChI is InChI=1S/C17H15NO3/c1-2-11-5-3-4-6-13(11)17(20)12-7-8-15-14(9-12)18-16(19)10-21-15/h3-9H,2,10H2,1H3,(H,18,19). The topological polar surface area (TPSA) is 55.4 Å². The molecule has 0 unspecified atom stereocenters. The molecule has 0 saturated heterocycles. The number of nitrogens with one attached hydrogen (secondary N) is 1. The third kappa shape index (κ3) is 2.52. The van der Waals surface area contributed by atoms with Crippen molar-refractivity contribution in [1.29, 1.82) is 0 Å². The smallest absolute Gasteiger partial charge is 0.262 e. The van der Waals surface area contributed by atoms with Crippen LogP contribution in [0.3, 0.4) is 0 Å². The van der Waals surface area contributed by atoms with Gasteiger partial charge in [-0.05, 0) is 30.2 Å². The van der Waals surface area contributed by atoms with Gasteiger partial charge in [-0.1, -0.05) is 31.2 Å². The molecule has 1 N–H and O–H groups in total. The summed E-state index contributed by atoms with van der Waals surface area (Å²) in [6.07, 6.45) is 0.798. The number of amides is 1. The number of carbonyl (C=O) groups excluding carboxylic acids is 2. The molecule has 21 heavy (non-hydrogen) atoms. The first-order valence-electron chi connectivity index (χ1n) is 6.88. The van der Waals surface area contributed by atoms with Crippen LogP contribution in [0.1, 0.15) is 28.4 Å². The van der Waals surface area contributed by atoms with Gasteiger partial charge in [0.2, 0.25) is 0 Å². The van der Waals surface area contributed by atoms with Crippen LogP contribution in [0.5, 0.6) is 5.75 Å². The molecular weight excluding hydrogens is 266 g/mol. The maximum Gasteiger partial charge on any atom is 0.262 e. The van der Waals surface area contributed by atoms with Gasteiger partial charge in [-0.25, -0.2) is 0 Å². The molecule has 2 aromatic carbocycles. The van der Waals surface area contributed by atoms with Crippen LogP contribution in [0, 0.1) is 0 Å². The van der Waals surface area contributed by atoms with Crippen molar-refractivity contribution < 1.29 is 14.3 Å². The van der Waals surface area contributed by atoms with E-state index in [1.807, 2.05) is 31.2 Å². The molecule has 4 nitrogen and oxygen atoms in total. The quantitative estimate of drug-likeness (QED) is 0.880. The highest BCUT2D eigenvalue weighted by atomic mass is 16.5. The molecule has 0 aliphatic carbocycles. The molecule has 0 aromatic heterocycles. The van der Waals surface area contributed by atoms with E-state index >= 15 is 0 Å². The number of aryl methyl sites for hydroxylation is 1. The van der Waals surface area contributed by atoms with E-state index in [1.165, 1.54) is 0 Å². The predicted molar refractivity (Wildman–Crippen MR) is 79.8 cm³/mol. The second-order valence-electron chi connectivity index (χ2n) is 4.89. The summed E-state index contributed by atoms with van der Waals surface area (Å²) in [6, 6.07) is 12.7. The van der Waals surface area contributed by atoms with Gasteiger partial charge < -0.3 is 10.1 Å². The fourth-order valence-corrected chi connectivity index (χ4v) is 2.43. The van der Waals surface area contributed by atoms with Crippen LogP contribution in [0.4, 0.5) is 5.69 Å². The molecule has 0 radical (unpaired) electrons. The molecule has 0 spiro atoms. The highest BCUT2D eigenvalue weighted by Gasteiger charge is 2.19. The van der Waals surface area contributed by atoms with E-state index in [4.69, 9.17) is 4.74 Å². The first-order valence-corrected chi connectivity index (χ1v) is 6.88. The van der Waals surface area contributed by atoms with Crippen LogP contribution in [-0.4, -0.2) is 18.3 Å². The second-order valence-corrected chi connectivity index (χ2v) is 4.89. The first-order chi connectivity index (χ1) is 10.2. The third-order valence-corrected chi connectivity index (χ3v) is 3.52. The van der Waals surface area contributed by atoms with E-state index in [0.29, 0.717) is 22.6 Å². The molecule has 1 aliphatic rings. The highest BCUT2D eigenvalue weighted by molar-refractivity contribution is 6.11. The van der Waals surface area contributed by atoms with E-state index in [1.54, 1.807) is 18.2 Å². The maximum atomic E-state index is 12.6. The van der Waals surface area contributed by atoms with E-state index in [9.17, 15) is 9.59 Å². The SMILES string of the molecule is CCc1ccccc1C(=O)c1ccc2c(c1)NC(=O)CO2. The summed E-state index contributed by atoms with van der Waals surface area (Å²) in [5, 5.41) is 2.72. The van der Waals surface area contributed by atoms with Gasteiger partial charge in [-0.3, -0.25) is 9.59 Å². The Morgan fingerprint density at radius 3 is 2.86 bits per heavy atom. The molecule has 3 rings (SSSR count). The van der Waals surface area contributed by atoms with Crippen molar-refractivity contribution in [2.45, 2.75) is 13.3 Å². The summed E-state index contributed by atoms with van der Waals surface area (Å²) in [5.74, 6) is 0.339. The Balaban J connectivity index is 1.99. The van der Waals surface area contributed by atoms with Gasteiger partial charge in [0.15, 0.2) is 12.4 Å². The molecule has 1 amide bonds. The number of hydrogen-bond donors (Lipinski definition) is 1. The highest BCUT2D eigenvalue weighted by Crippen LogP contribution is 2.29.